The zero-order valence-electron chi connectivity index (χ0n) is 13.8. The minimum absolute atomic E-state index is 1.17. The fraction of sp³-hybridized carbons (Fsp3) is 0.778. The molecule has 1 heteroatoms. The molecule has 0 N–H and O–H groups in total. The van der Waals surface area contributed by atoms with Crippen LogP contribution in [0.5, 0.6) is 0 Å². The Hall–Kier alpha value is -0.560. The molecule has 0 aromatic carbocycles. The number of unbranched alkanes of at least 4 members (excludes halogenated alkanes) is 4. The fourth-order valence-electron chi connectivity index (χ4n) is 2.19. The van der Waals surface area contributed by atoms with Gasteiger partial charge >= 0.3 is 0 Å². The van der Waals surface area contributed by atoms with Crippen LogP contribution in [0.2, 0.25) is 0 Å². The number of hydrogen-bond acceptors (Lipinski definition) is 0. The first-order valence-electron chi connectivity index (χ1n) is 8.24. The van der Waals surface area contributed by atoms with Crippen LogP contribution in [0.3, 0.4) is 0 Å². The molecule has 1 nitrogen and oxygen atoms in total. The van der Waals surface area contributed by atoms with E-state index < -0.39 is 0 Å². The van der Waals surface area contributed by atoms with Crippen molar-refractivity contribution in [3.8, 4) is 0 Å². The summed E-state index contributed by atoms with van der Waals surface area (Å²) in [7, 11) is 4.73. The topological polar surface area (TPSA) is 0 Å². The molecule has 0 saturated carbocycles. The molecule has 0 unspecified atom stereocenters. The van der Waals surface area contributed by atoms with E-state index in [9.17, 15) is 0 Å². The van der Waals surface area contributed by atoms with Crippen LogP contribution in [0.15, 0.2) is 24.3 Å². The molecule has 0 rings (SSSR count). The summed E-state index contributed by atoms with van der Waals surface area (Å²) in [4.78, 5) is 0. The van der Waals surface area contributed by atoms with E-state index in [4.69, 9.17) is 0 Å². The Labute approximate surface area is 122 Å². The summed E-state index contributed by atoms with van der Waals surface area (Å²) >= 11 is 0. The maximum atomic E-state index is 2.37. The van der Waals surface area contributed by atoms with E-state index >= 15 is 0 Å². The first-order chi connectivity index (χ1) is 9.12. The standard InChI is InChI=1S/C18H36N/c1-5-7-9-11-13-15-17-19(3,4)18-16-14-12-10-8-6-2/h9-12H,5-8,13-18H2,1-4H3/q+1. The van der Waals surface area contributed by atoms with E-state index in [1.807, 2.05) is 0 Å². The Bertz CT molecular complexity index is 214. The highest BCUT2D eigenvalue weighted by molar-refractivity contribution is 4.81. The van der Waals surface area contributed by atoms with Crippen LogP contribution >= 0.6 is 0 Å². The van der Waals surface area contributed by atoms with Crippen molar-refractivity contribution in [2.45, 2.75) is 65.2 Å². The molecule has 0 fully saturated rings. The lowest BCUT2D eigenvalue weighted by molar-refractivity contribution is -0.890. The van der Waals surface area contributed by atoms with Crippen LogP contribution < -0.4 is 0 Å². The van der Waals surface area contributed by atoms with Crippen molar-refractivity contribution in [1.29, 1.82) is 0 Å². The fourth-order valence-corrected chi connectivity index (χ4v) is 2.19. The zero-order valence-corrected chi connectivity index (χ0v) is 13.8. The highest BCUT2D eigenvalue weighted by Crippen LogP contribution is 2.06. The number of quaternary nitrogens is 1. The normalized spacial score (nSPS) is 12.8. The van der Waals surface area contributed by atoms with Crippen LogP contribution in [-0.2, 0) is 0 Å². The Morgan fingerprint density at radius 2 is 1.00 bits per heavy atom. The molecule has 0 aliphatic heterocycles. The summed E-state index contributed by atoms with van der Waals surface area (Å²) in [5, 5.41) is 0. The molecular weight excluding hydrogens is 230 g/mol. The maximum Gasteiger partial charge on any atom is 0.0785 e. The first kappa shape index (κ1) is 18.4. The molecule has 112 valence electrons. The van der Waals surface area contributed by atoms with Crippen molar-refractivity contribution in [2.75, 3.05) is 27.2 Å². The van der Waals surface area contributed by atoms with Gasteiger partial charge in [0.25, 0.3) is 0 Å². The van der Waals surface area contributed by atoms with Crippen molar-refractivity contribution in [3.63, 3.8) is 0 Å². The monoisotopic (exact) mass is 266 g/mol. The summed E-state index contributed by atoms with van der Waals surface area (Å²) in [6.45, 7) is 7.07. The molecule has 0 aliphatic rings. The minimum atomic E-state index is 1.17. The van der Waals surface area contributed by atoms with Gasteiger partial charge in [-0.25, -0.2) is 0 Å². The van der Waals surface area contributed by atoms with Gasteiger partial charge in [-0.3, -0.25) is 0 Å². The van der Waals surface area contributed by atoms with Gasteiger partial charge in [-0.05, 0) is 38.5 Å². The van der Waals surface area contributed by atoms with Gasteiger partial charge in [-0.15, -0.1) is 0 Å². The number of nitrogens with zero attached hydrogens (tertiary/aromatic N) is 1. The molecule has 0 aliphatic carbocycles. The number of rotatable bonds is 12. The van der Waals surface area contributed by atoms with Gasteiger partial charge in [0, 0.05) is 0 Å². The SMILES string of the molecule is CCCC=CCCC[N+](C)(C)CCCC=CCCC. The molecule has 0 aromatic rings. The Balaban J connectivity index is 3.57. The molecule has 0 bridgehead atoms. The zero-order chi connectivity index (χ0) is 14.4. The second-order valence-electron chi connectivity index (χ2n) is 6.19. The van der Waals surface area contributed by atoms with Crippen LogP contribution in [0.25, 0.3) is 0 Å². The van der Waals surface area contributed by atoms with E-state index in [1.54, 1.807) is 0 Å². The van der Waals surface area contributed by atoms with Crippen molar-refractivity contribution in [1.82, 2.24) is 0 Å². The summed E-state index contributed by atoms with van der Waals surface area (Å²) in [5.74, 6) is 0. The van der Waals surface area contributed by atoms with E-state index in [-0.39, 0.29) is 0 Å². The van der Waals surface area contributed by atoms with Crippen molar-refractivity contribution < 1.29 is 4.48 Å². The molecule has 0 aromatic heterocycles. The third-order valence-corrected chi connectivity index (χ3v) is 3.51. The molecule has 0 saturated heterocycles. The Morgan fingerprint density at radius 1 is 0.632 bits per heavy atom. The second-order valence-corrected chi connectivity index (χ2v) is 6.19. The number of allylic oxidation sites excluding steroid dienone is 4. The van der Waals surface area contributed by atoms with Crippen LogP contribution in [-0.4, -0.2) is 31.7 Å². The van der Waals surface area contributed by atoms with E-state index in [1.165, 1.54) is 68.9 Å². The van der Waals surface area contributed by atoms with Crippen molar-refractivity contribution >= 4 is 0 Å². The quantitative estimate of drug-likeness (QED) is 0.254. The van der Waals surface area contributed by atoms with E-state index in [2.05, 4.69) is 52.2 Å². The minimum Gasteiger partial charge on any atom is -0.328 e. The lowest BCUT2D eigenvalue weighted by Crippen LogP contribution is -2.41. The summed E-state index contributed by atoms with van der Waals surface area (Å²) < 4.78 is 1.17. The average molecular weight is 266 g/mol. The molecule has 0 spiro atoms. The van der Waals surface area contributed by atoms with Gasteiger partial charge in [0.05, 0.1) is 27.2 Å². The van der Waals surface area contributed by atoms with Gasteiger partial charge in [0.15, 0.2) is 0 Å². The van der Waals surface area contributed by atoms with Crippen LogP contribution in [0.1, 0.15) is 65.2 Å². The van der Waals surface area contributed by atoms with Gasteiger partial charge < -0.3 is 4.48 Å². The third-order valence-electron chi connectivity index (χ3n) is 3.51. The van der Waals surface area contributed by atoms with Crippen LogP contribution in [0, 0.1) is 0 Å². The highest BCUT2D eigenvalue weighted by atomic mass is 15.3. The molecular formula is C18H36N+. The van der Waals surface area contributed by atoms with Crippen molar-refractivity contribution in [3.05, 3.63) is 24.3 Å². The molecule has 0 amide bonds. The Morgan fingerprint density at radius 3 is 1.37 bits per heavy atom. The molecule has 0 heterocycles. The van der Waals surface area contributed by atoms with Crippen molar-refractivity contribution in [2.24, 2.45) is 0 Å². The molecule has 0 atom stereocenters. The lowest BCUT2D eigenvalue weighted by atomic mass is 10.2. The van der Waals surface area contributed by atoms with Gasteiger partial charge in [-0.2, -0.15) is 0 Å². The van der Waals surface area contributed by atoms with E-state index in [0.29, 0.717) is 0 Å². The van der Waals surface area contributed by atoms with Crippen LogP contribution in [0.4, 0.5) is 0 Å². The summed E-state index contributed by atoms with van der Waals surface area (Å²) in [5.41, 5.74) is 0. The van der Waals surface area contributed by atoms with Gasteiger partial charge in [0.1, 0.15) is 0 Å². The predicted octanol–water partition coefficient (Wildman–Crippen LogP) is 5.34. The average Bonchev–Trinajstić information content (AvgIpc) is 2.38. The molecule has 19 heavy (non-hydrogen) atoms. The summed E-state index contributed by atoms with van der Waals surface area (Å²) in [6.07, 6.45) is 19.5. The first-order valence-corrected chi connectivity index (χ1v) is 8.24. The lowest BCUT2D eigenvalue weighted by Gasteiger charge is -2.29. The summed E-state index contributed by atoms with van der Waals surface area (Å²) in [6, 6.07) is 0. The highest BCUT2D eigenvalue weighted by Gasteiger charge is 2.12. The third kappa shape index (κ3) is 13.7. The number of hydrogen-bond donors (Lipinski definition) is 0. The predicted molar refractivity (Wildman–Crippen MR) is 88.4 cm³/mol. The largest absolute Gasteiger partial charge is 0.328 e. The Kier molecular flexibility index (Phi) is 12.1. The van der Waals surface area contributed by atoms with Gasteiger partial charge in [0.2, 0.25) is 0 Å². The maximum absolute atomic E-state index is 2.37. The second kappa shape index (κ2) is 12.5. The van der Waals surface area contributed by atoms with Gasteiger partial charge in [-0.1, -0.05) is 51.0 Å². The molecule has 0 radical (unpaired) electrons. The smallest absolute Gasteiger partial charge is 0.0785 e. The van der Waals surface area contributed by atoms with E-state index in [0.717, 1.165) is 0 Å².